The molecule has 1 N–H and O–H groups in total. The fraction of sp³-hybridized carbons (Fsp3) is 1.00. The average molecular weight is 299 g/mol. The van der Waals surface area contributed by atoms with Gasteiger partial charge in [0.05, 0.1) is 6.61 Å². The van der Waals surface area contributed by atoms with Gasteiger partial charge in [-0.05, 0) is 25.2 Å². The minimum Gasteiger partial charge on any atom is -0.381 e. The van der Waals surface area contributed by atoms with Crippen molar-refractivity contribution in [2.45, 2.75) is 72.9 Å². The van der Waals surface area contributed by atoms with Crippen molar-refractivity contribution in [1.29, 1.82) is 0 Å². The summed E-state index contributed by atoms with van der Waals surface area (Å²) < 4.78 is 5.78. The molecule has 0 aromatic heterocycles. The molecule has 0 radical (unpaired) electrons. The van der Waals surface area contributed by atoms with E-state index in [-0.39, 0.29) is 0 Å². The van der Waals surface area contributed by atoms with Gasteiger partial charge in [0.2, 0.25) is 0 Å². The van der Waals surface area contributed by atoms with Gasteiger partial charge in [-0.1, -0.05) is 41.5 Å². The molecule has 0 saturated carbocycles. The molecular weight excluding hydrogens is 260 g/mol. The zero-order valence-corrected chi connectivity index (χ0v) is 15.2. The Bertz CT molecular complexity index is 268. The van der Waals surface area contributed by atoms with E-state index in [0.29, 0.717) is 17.5 Å². The van der Waals surface area contributed by atoms with E-state index in [9.17, 15) is 0 Å². The van der Waals surface area contributed by atoms with Crippen molar-refractivity contribution in [1.82, 2.24) is 10.2 Å². The lowest BCUT2D eigenvalue weighted by atomic mass is 9.85. The molecule has 1 aliphatic heterocycles. The minimum absolute atomic E-state index is 0.307. The van der Waals surface area contributed by atoms with E-state index in [2.05, 4.69) is 51.8 Å². The summed E-state index contributed by atoms with van der Waals surface area (Å²) in [7, 11) is 0. The molecule has 0 aromatic rings. The molecule has 3 heteroatoms. The second-order valence-corrected chi connectivity index (χ2v) is 7.63. The topological polar surface area (TPSA) is 24.5 Å². The molecular formula is C18H38N2O. The first-order valence-electron chi connectivity index (χ1n) is 8.97. The predicted molar refractivity (Wildman–Crippen MR) is 91.8 cm³/mol. The van der Waals surface area contributed by atoms with Gasteiger partial charge in [0.15, 0.2) is 0 Å². The van der Waals surface area contributed by atoms with Crippen LogP contribution in [-0.4, -0.2) is 49.8 Å². The molecule has 1 atom stereocenters. The fourth-order valence-corrected chi connectivity index (χ4v) is 3.44. The summed E-state index contributed by atoms with van der Waals surface area (Å²) in [4.78, 5) is 2.74. The fourth-order valence-electron chi connectivity index (χ4n) is 3.44. The normalized spacial score (nSPS) is 23.1. The molecule has 1 heterocycles. The summed E-state index contributed by atoms with van der Waals surface area (Å²) in [5.74, 6) is 0.725. The number of ether oxygens (including phenoxy) is 1. The summed E-state index contributed by atoms with van der Waals surface area (Å²) in [5.41, 5.74) is 0.307. The lowest BCUT2D eigenvalue weighted by Gasteiger charge is -2.40. The molecule has 1 unspecified atom stereocenters. The summed E-state index contributed by atoms with van der Waals surface area (Å²) in [6.07, 6.45) is 3.69. The smallest absolute Gasteiger partial charge is 0.0547 e. The Morgan fingerprint density at radius 1 is 1.14 bits per heavy atom. The molecule has 1 rings (SSSR count). The van der Waals surface area contributed by atoms with Crippen LogP contribution in [0.3, 0.4) is 0 Å². The Morgan fingerprint density at radius 2 is 1.81 bits per heavy atom. The van der Waals surface area contributed by atoms with E-state index in [4.69, 9.17) is 4.74 Å². The van der Waals surface area contributed by atoms with Crippen LogP contribution in [0.2, 0.25) is 0 Å². The van der Waals surface area contributed by atoms with Crippen molar-refractivity contribution in [3.63, 3.8) is 0 Å². The number of hydrogen-bond donors (Lipinski definition) is 1. The summed E-state index contributed by atoms with van der Waals surface area (Å²) >= 11 is 0. The Balaban J connectivity index is 2.75. The Kier molecular flexibility index (Phi) is 8.22. The summed E-state index contributed by atoms with van der Waals surface area (Å²) in [6.45, 7) is 19.1. The molecule has 1 fully saturated rings. The zero-order valence-electron chi connectivity index (χ0n) is 15.2. The zero-order chi connectivity index (χ0) is 15.9. The standard InChI is InChI=1S/C18H38N2O/c1-7-17(8-2)20(11-15(3)4)13-18(9-10-21-14-18)12-19-16(5)6/h15-17,19H,7-14H2,1-6H3. The van der Waals surface area contributed by atoms with Crippen LogP contribution < -0.4 is 5.32 Å². The van der Waals surface area contributed by atoms with Crippen LogP contribution in [0.1, 0.15) is 60.8 Å². The van der Waals surface area contributed by atoms with E-state index in [1.165, 1.54) is 32.4 Å². The van der Waals surface area contributed by atoms with Crippen LogP contribution in [0.15, 0.2) is 0 Å². The maximum Gasteiger partial charge on any atom is 0.0547 e. The van der Waals surface area contributed by atoms with E-state index in [0.717, 1.165) is 25.7 Å². The molecule has 126 valence electrons. The molecule has 0 spiro atoms. The van der Waals surface area contributed by atoms with E-state index in [1.54, 1.807) is 0 Å². The first-order chi connectivity index (χ1) is 9.92. The van der Waals surface area contributed by atoms with Crippen molar-refractivity contribution in [3.8, 4) is 0 Å². The lowest BCUT2D eigenvalue weighted by Crippen LogP contribution is -2.50. The van der Waals surface area contributed by atoms with Crippen molar-refractivity contribution in [2.75, 3.05) is 32.8 Å². The van der Waals surface area contributed by atoms with Gasteiger partial charge < -0.3 is 10.1 Å². The highest BCUT2D eigenvalue weighted by atomic mass is 16.5. The third kappa shape index (κ3) is 6.25. The van der Waals surface area contributed by atoms with Gasteiger partial charge >= 0.3 is 0 Å². The molecule has 1 saturated heterocycles. The van der Waals surface area contributed by atoms with Gasteiger partial charge in [0.1, 0.15) is 0 Å². The van der Waals surface area contributed by atoms with Crippen molar-refractivity contribution in [3.05, 3.63) is 0 Å². The maximum atomic E-state index is 5.78. The van der Waals surface area contributed by atoms with Crippen LogP contribution in [0.5, 0.6) is 0 Å². The van der Waals surface area contributed by atoms with Crippen LogP contribution in [-0.2, 0) is 4.74 Å². The van der Waals surface area contributed by atoms with E-state index < -0.39 is 0 Å². The van der Waals surface area contributed by atoms with Crippen molar-refractivity contribution >= 4 is 0 Å². The highest BCUT2D eigenvalue weighted by Crippen LogP contribution is 2.31. The van der Waals surface area contributed by atoms with E-state index >= 15 is 0 Å². The summed E-state index contributed by atoms with van der Waals surface area (Å²) in [5, 5.41) is 3.66. The molecule has 1 aliphatic rings. The monoisotopic (exact) mass is 298 g/mol. The van der Waals surface area contributed by atoms with Crippen LogP contribution in [0.25, 0.3) is 0 Å². The van der Waals surface area contributed by atoms with Crippen LogP contribution in [0, 0.1) is 11.3 Å². The van der Waals surface area contributed by atoms with Gasteiger partial charge in [-0.15, -0.1) is 0 Å². The largest absolute Gasteiger partial charge is 0.381 e. The SMILES string of the molecule is CCC(CC)N(CC(C)C)CC1(CNC(C)C)CCOC1. The number of hydrogen-bond acceptors (Lipinski definition) is 3. The number of nitrogens with zero attached hydrogens (tertiary/aromatic N) is 1. The quantitative estimate of drug-likeness (QED) is 0.667. The molecule has 21 heavy (non-hydrogen) atoms. The molecule has 3 nitrogen and oxygen atoms in total. The van der Waals surface area contributed by atoms with Crippen LogP contribution >= 0.6 is 0 Å². The third-order valence-electron chi connectivity index (χ3n) is 4.67. The molecule has 0 bridgehead atoms. The number of rotatable bonds is 10. The van der Waals surface area contributed by atoms with Crippen molar-refractivity contribution in [2.24, 2.45) is 11.3 Å². The van der Waals surface area contributed by atoms with Gasteiger partial charge in [0.25, 0.3) is 0 Å². The molecule has 0 aliphatic carbocycles. The molecule has 0 amide bonds. The van der Waals surface area contributed by atoms with E-state index in [1.807, 2.05) is 0 Å². The lowest BCUT2D eigenvalue weighted by molar-refractivity contribution is 0.0723. The first kappa shape index (κ1) is 18.9. The highest BCUT2D eigenvalue weighted by molar-refractivity contribution is 4.90. The second kappa shape index (κ2) is 9.12. The molecule has 0 aromatic carbocycles. The van der Waals surface area contributed by atoms with Gasteiger partial charge in [-0.3, -0.25) is 4.90 Å². The first-order valence-corrected chi connectivity index (χ1v) is 8.97. The Labute approximate surface area is 132 Å². The Morgan fingerprint density at radius 3 is 2.24 bits per heavy atom. The highest BCUT2D eigenvalue weighted by Gasteiger charge is 2.37. The van der Waals surface area contributed by atoms with Gasteiger partial charge in [-0.25, -0.2) is 0 Å². The van der Waals surface area contributed by atoms with Gasteiger partial charge in [-0.2, -0.15) is 0 Å². The summed E-state index contributed by atoms with van der Waals surface area (Å²) in [6, 6.07) is 1.26. The van der Waals surface area contributed by atoms with Crippen molar-refractivity contribution < 1.29 is 4.74 Å². The van der Waals surface area contributed by atoms with Crippen LogP contribution in [0.4, 0.5) is 0 Å². The maximum absolute atomic E-state index is 5.78. The third-order valence-corrected chi connectivity index (χ3v) is 4.67. The minimum atomic E-state index is 0.307. The number of nitrogens with one attached hydrogen (secondary N) is 1. The van der Waals surface area contributed by atoms with Gasteiger partial charge in [0, 0.05) is 43.7 Å². The predicted octanol–water partition coefficient (Wildman–Crippen LogP) is 3.54. The second-order valence-electron chi connectivity index (χ2n) is 7.63. The Hall–Kier alpha value is -0.120. The average Bonchev–Trinajstić information content (AvgIpc) is 2.86.